The fourth-order valence-corrected chi connectivity index (χ4v) is 3.85. The molecule has 0 unspecified atom stereocenters. The van der Waals surface area contributed by atoms with E-state index in [4.69, 9.17) is 9.47 Å². The maximum Gasteiger partial charge on any atom is 0.258 e. The summed E-state index contributed by atoms with van der Waals surface area (Å²) in [6.07, 6.45) is 1.71. The summed E-state index contributed by atoms with van der Waals surface area (Å²) in [4.78, 5) is 32.3. The zero-order valence-electron chi connectivity index (χ0n) is 20.9. The molecule has 1 heterocycles. The molecule has 0 saturated heterocycles. The molecular formula is C30H29N3O4. The third-order valence-electron chi connectivity index (χ3n) is 5.77. The van der Waals surface area contributed by atoms with Gasteiger partial charge in [-0.15, -0.1) is 0 Å². The van der Waals surface area contributed by atoms with E-state index in [0.717, 1.165) is 16.8 Å². The standard InChI is InChI=1S/C30H29N3O4/c1-36-20-22-6-10-24(11-7-22)29(34)32-26-14-16-28(17-15-26)33(19-27-5-3-4-18-31-27)30(35)25-12-8-23(9-13-25)21-37-2/h3-18H,19-21H2,1-2H3,(H,32,34). The molecular weight excluding hydrogens is 466 g/mol. The minimum atomic E-state index is -0.214. The minimum Gasteiger partial charge on any atom is -0.380 e. The van der Waals surface area contributed by atoms with Crippen molar-refractivity contribution >= 4 is 23.2 Å². The first-order valence-electron chi connectivity index (χ1n) is 11.9. The zero-order chi connectivity index (χ0) is 26.0. The monoisotopic (exact) mass is 495 g/mol. The van der Waals surface area contributed by atoms with Crippen molar-refractivity contribution < 1.29 is 19.1 Å². The van der Waals surface area contributed by atoms with Gasteiger partial charge in [0, 0.05) is 42.9 Å². The van der Waals surface area contributed by atoms with Crippen LogP contribution in [0.4, 0.5) is 11.4 Å². The molecule has 1 aromatic heterocycles. The SMILES string of the molecule is COCc1ccc(C(=O)Nc2ccc(N(Cc3ccccn3)C(=O)c3ccc(COC)cc3)cc2)cc1. The highest BCUT2D eigenvalue weighted by Gasteiger charge is 2.19. The Morgan fingerprint density at radius 3 is 1.89 bits per heavy atom. The molecule has 0 spiro atoms. The number of anilines is 2. The first kappa shape index (κ1) is 25.8. The number of ether oxygens (including phenoxy) is 2. The average molecular weight is 496 g/mol. The molecule has 7 nitrogen and oxygen atoms in total. The number of aromatic nitrogens is 1. The topological polar surface area (TPSA) is 80.8 Å². The lowest BCUT2D eigenvalue weighted by Crippen LogP contribution is -2.30. The number of carbonyl (C=O) groups excluding carboxylic acids is 2. The number of amides is 2. The van der Waals surface area contributed by atoms with E-state index in [1.165, 1.54) is 0 Å². The van der Waals surface area contributed by atoms with Crippen molar-refractivity contribution in [2.75, 3.05) is 24.4 Å². The highest BCUT2D eigenvalue weighted by atomic mass is 16.5. The second-order valence-corrected chi connectivity index (χ2v) is 8.47. The normalized spacial score (nSPS) is 10.6. The van der Waals surface area contributed by atoms with Crippen LogP contribution < -0.4 is 10.2 Å². The molecule has 7 heteroatoms. The van der Waals surface area contributed by atoms with Crippen LogP contribution in [0.5, 0.6) is 0 Å². The van der Waals surface area contributed by atoms with E-state index in [1.807, 2.05) is 54.6 Å². The number of rotatable bonds is 10. The van der Waals surface area contributed by atoms with Gasteiger partial charge in [-0.2, -0.15) is 0 Å². The Labute approximate surface area is 216 Å². The highest BCUT2D eigenvalue weighted by molar-refractivity contribution is 6.07. The lowest BCUT2D eigenvalue weighted by molar-refractivity contribution is 0.0983. The van der Waals surface area contributed by atoms with Crippen LogP contribution in [-0.2, 0) is 29.2 Å². The molecule has 3 aromatic carbocycles. The van der Waals surface area contributed by atoms with E-state index < -0.39 is 0 Å². The van der Waals surface area contributed by atoms with Crippen molar-refractivity contribution in [3.05, 3.63) is 125 Å². The number of benzene rings is 3. The zero-order valence-corrected chi connectivity index (χ0v) is 20.9. The van der Waals surface area contributed by atoms with Crippen LogP contribution in [0, 0.1) is 0 Å². The van der Waals surface area contributed by atoms with Crippen molar-refractivity contribution in [2.45, 2.75) is 19.8 Å². The van der Waals surface area contributed by atoms with Gasteiger partial charge in [0.1, 0.15) is 0 Å². The van der Waals surface area contributed by atoms with E-state index in [9.17, 15) is 9.59 Å². The Hall–Kier alpha value is -4.33. The molecule has 0 fully saturated rings. The largest absolute Gasteiger partial charge is 0.380 e. The first-order chi connectivity index (χ1) is 18.1. The molecule has 0 saturated carbocycles. The number of methoxy groups -OCH3 is 2. The van der Waals surface area contributed by atoms with Crippen molar-refractivity contribution in [1.82, 2.24) is 4.98 Å². The summed E-state index contributed by atoms with van der Waals surface area (Å²) in [5.41, 5.74) is 5.18. The Balaban J connectivity index is 1.52. The molecule has 4 aromatic rings. The predicted molar refractivity (Wildman–Crippen MR) is 143 cm³/mol. The maximum absolute atomic E-state index is 13.5. The first-order valence-corrected chi connectivity index (χ1v) is 11.9. The van der Waals surface area contributed by atoms with E-state index >= 15 is 0 Å². The van der Waals surface area contributed by atoms with Crippen LogP contribution in [0.1, 0.15) is 37.5 Å². The van der Waals surface area contributed by atoms with Crippen LogP contribution in [-0.4, -0.2) is 31.0 Å². The van der Waals surface area contributed by atoms with Gasteiger partial charge in [0.15, 0.2) is 0 Å². The number of nitrogens with zero attached hydrogens (tertiary/aromatic N) is 2. The molecule has 0 aliphatic carbocycles. The molecule has 37 heavy (non-hydrogen) atoms. The number of carbonyl (C=O) groups is 2. The Morgan fingerprint density at radius 2 is 1.35 bits per heavy atom. The lowest BCUT2D eigenvalue weighted by atomic mass is 10.1. The second-order valence-electron chi connectivity index (χ2n) is 8.47. The molecule has 1 N–H and O–H groups in total. The summed E-state index contributed by atoms with van der Waals surface area (Å²) in [5.74, 6) is -0.364. The predicted octanol–water partition coefficient (Wildman–Crippen LogP) is 5.47. The van der Waals surface area contributed by atoms with Crippen LogP contribution in [0.3, 0.4) is 0 Å². The molecule has 0 atom stereocenters. The average Bonchev–Trinajstić information content (AvgIpc) is 2.94. The van der Waals surface area contributed by atoms with Crippen LogP contribution in [0.2, 0.25) is 0 Å². The van der Waals surface area contributed by atoms with E-state index in [-0.39, 0.29) is 11.8 Å². The van der Waals surface area contributed by atoms with E-state index in [1.54, 1.807) is 61.7 Å². The fourth-order valence-electron chi connectivity index (χ4n) is 3.85. The Kier molecular flexibility index (Phi) is 8.75. The molecule has 0 aliphatic rings. The molecule has 2 amide bonds. The summed E-state index contributed by atoms with van der Waals surface area (Å²) in [6, 6.07) is 27.5. The van der Waals surface area contributed by atoms with Gasteiger partial charge in [-0.3, -0.25) is 14.6 Å². The summed E-state index contributed by atoms with van der Waals surface area (Å²) in [7, 11) is 3.27. The third kappa shape index (κ3) is 6.88. The summed E-state index contributed by atoms with van der Waals surface area (Å²) in [5, 5.41) is 2.91. The van der Waals surface area contributed by atoms with Gasteiger partial charge in [0.25, 0.3) is 11.8 Å². The van der Waals surface area contributed by atoms with Crippen molar-refractivity contribution in [2.24, 2.45) is 0 Å². The number of hydrogen-bond acceptors (Lipinski definition) is 5. The molecule has 4 rings (SSSR count). The van der Waals surface area contributed by atoms with Crippen LogP contribution in [0.25, 0.3) is 0 Å². The number of hydrogen-bond donors (Lipinski definition) is 1. The van der Waals surface area contributed by atoms with Gasteiger partial charge in [-0.1, -0.05) is 30.3 Å². The number of pyridine rings is 1. The van der Waals surface area contributed by atoms with Gasteiger partial charge in [0.2, 0.25) is 0 Å². The van der Waals surface area contributed by atoms with E-state index in [0.29, 0.717) is 42.3 Å². The van der Waals surface area contributed by atoms with E-state index in [2.05, 4.69) is 10.3 Å². The lowest BCUT2D eigenvalue weighted by Gasteiger charge is -2.23. The molecule has 188 valence electrons. The molecule has 0 aliphatic heterocycles. The van der Waals surface area contributed by atoms with Gasteiger partial charge < -0.3 is 19.7 Å². The molecule has 0 radical (unpaired) electrons. The van der Waals surface area contributed by atoms with Crippen LogP contribution in [0.15, 0.2) is 97.2 Å². The van der Waals surface area contributed by atoms with Gasteiger partial charge >= 0.3 is 0 Å². The maximum atomic E-state index is 13.5. The Morgan fingerprint density at radius 1 is 0.757 bits per heavy atom. The number of nitrogens with one attached hydrogen (secondary N) is 1. The van der Waals surface area contributed by atoms with Gasteiger partial charge in [-0.05, 0) is 71.8 Å². The smallest absolute Gasteiger partial charge is 0.258 e. The minimum absolute atomic E-state index is 0.150. The van der Waals surface area contributed by atoms with Crippen molar-refractivity contribution in [3.8, 4) is 0 Å². The van der Waals surface area contributed by atoms with Gasteiger partial charge in [-0.25, -0.2) is 0 Å². The second kappa shape index (κ2) is 12.6. The van der Waals surface area contributed by atoms with Gasteiger partial charge in [0.05, 0.1) is 25.5 Å². The fraction of sp³-hybridized carbons (Fsp3) is 0.167. The van der Waals surface area contributed by atoms with Crippen LogP contribution >= 0.6 is 0 Å². The molecule has 0 bridgehead atoms. The highest BCUT2D eigenvalue weighted by Crippen LogP contribution is 2.23. The quantitative estimate of drug-likeness (QED) is 0.315. The summed E-state index contributed by atoms with van der Waals surface area (Å²) < 4.78 is 10.3. The van der Waals surface area contributed by atoms with Crippen molar-refractivity contribution in [3.63, 3.8) is 0 Å². The Bertz CT molecular complexity index is 1310. The van der Waals surface area contributed by atoms with Crippen molar-refractivity contribution in [1.29, 1.82) is 0 Å². The summed E-state index contributed by atoms with van der Waals surface area (Å²) in [6.45, 7) is 1.28. The summed E-state index contributed by atoms with van der Waals surface area (Å²) >= 11 is 0. The third-order valence-corrected chi connectivity index (χ3v) is 5.77.